The minimum Gasteiger partial charge on any atom is -0.326 e. The number of anilines is 1. The van der Waals surface area contributed by atoms with Crippen LogP contribution in [0, 0.1) is 0 Å². The highest BCUT2D eigenvalue weighted by atomic mass is 32.2. The van der Waals surface area contributed by atoms with Crippen LogP contribution in [0.4, 0.5) is 18.9 Å². The molecule has 27 heavy (non-hydrogen) atoms. The third kappa shape index (κ3) is 5.55. The highest BCUT2D eigenvalue weighted by Gasteiger charge is 2.29. The molecule has 2 heterocycles. The Kier molecular flexibility index (Phi) is 5.75. The Balaban J connectivity index is 1.61. The molecule has 0 atom stereocenters. The fourth-order valence-electron chi connectivity index (χ4n) is 2.26. The maximum absolute atomic E-state index is 12.6. The van der Waals surface area contributed by atoms with Crippen molar-refractivity contribution in [3.63, 3.8) is 0 Å². The van der Waals surface area contributed by atoms with E-state index in [0.717, 1.165) is 17.2 Å². The van der Waals surface area contributed by atoms with Gasteiger partial charge in [-0.15, -0.1) is 0 Å². The second-order valence-corrected chi connectivity index (χ2v) is 6.61. The van der Waals surface area contributed by atoms with Gasteiger partial charge < -0.3 is 5.32 Å². The molecule has 0 radical (unpaired) electrons. The molecule has 0 bridgehead atoms. The van der Waals surface area contributed by atoms with Crippen molar-refractivity contribution >= 4 is 23.4 Å². The second-order valence-electron chi connectivity index (χ2n) is 5.57. The molecule has 4 nitrogen and oxygen atoms in total. The van der Waals surface area contributed by atoms with Gasteiger partial charge in [-0.1, -0.05) is 30.0 Å². The van der Waals surface area contributed by atoms with Gasteiger partial charge in [0.1, 0.15) is 10.1 Å². The fourth-order valence-corrected chi connectivity index (χ4v) is 3.03. The Hall–Kier alpha value is -2.87. The number of carbonyl (C=O) groups excluding carboxylic acids is 1. The van der Waals surface area contributed by atoms with Crippen LogP contribution in [0.15, 0.2) is 77.0 Å². The zero-order valence-electron chi connectivity index (χ0n) is 13.9. The molecule has 0 spiro atoms. The van der Waals surface area contributed by atoms with Crippen LogP contribution in [-0.2, 0) is 17.4 Å². The van der Waals surface area contributed by atoms with Crippen LogP contribution in [-0.4, -0.2) is 15.9 Å². The van der Waals surface area contributed by atoms with E-state index in [0.29, 0.717) is 16.3 Å². The van der Waals surface area contributed by atoms with Gasteiger partial charge in [-0.3, -0.25) is 4.79 Å². The molecule has 0 aliphatic carbocycles. The molecule has 1 aromatic carbocycles. The maximum atomic E-state index is 12.6. The summed E-state index contributed by atoms with van der Waals surface area (Å²) in [5.74, 6) is -0.324. The molecular formula is C19H14F3N3OS. The highest BCUT2D eigenvalue weighted by molar-refractivity contribution is 7.99. The maximum Gasteiger partial charge on any atom is 0.416 e. The monoisotopic (exact) mass is 389 g/mol. The molecule has 1 N–H and O–H groups in total. The quantitative estimate of drug-likeness (QED) is 0.679. The number of carbonyl (C=O) groups is 1. The van der Waals surface area contributed by atoms with E-state index in [-0.39, 0.29) is 12.3 Å². The van der Waals surface area contributed by atoms with Crippen molar-refractivity contribution < 1.29 is 18.0 Å². The van der Waals surface area contributed by atoms with E-state index in [9.17, 15) is 18.0 Å². The summed E-state index contributed by atoms with van der Waals surface area (Å²) < 4.78 is 37.7. The number of rotatable bonds is 5. The first kappa shape index (κ1) is 18.9. The van der Waals surface area contributed by atoms with E-state index in [4.69, 9.17) is 0 Å². The smallest absolute Gasteiger partial charge is 0.326 e. The minimum absolute atomic E-state index is 0.0246. The van der Waals surface area contributed by atoms with Crippen molar-refractivity contribution in [2.75, 3.05) is 5.32 Å². The molecule has 0 aliphatic heterocycles. The lowest BCUT2D eigenvalue weighted by molar-refractivity contribution is -0.137. The van der Waals surface area contributed by atoms with Gasteiger partial charge in [-0.2, -0.15) is 13.2 Å². The van der Waals surface area contributed by atoms with Crippen LogP contribution < -0.4 is 5.32 Å². The van der Waals surface area contributed by atoms with Crippen molar-refractivity contribution in [1.29, 1.82) is 0 Å². The summed E-state index contributed by atoms with van der Waals surface area (Å²) in [6.45, 7) is 0. The third-order valence-corrected chi connectivity index (χ3v) is 4.39. The lowest BCUT2D eigenvalue weighted by Crippen LogP contribution is -2.14. The number of halogens is 3. The van der Waals surface area contributed by atoms with Crippen LogP contribution in [0.25, 0.3) is 0 Å². The van der Waals surface area contributed by atoms with Crippen molar-refractivity contribution in [1.82, 2.24) is 9.97 Å². The summed E-state index contributed by atoms with van der Waals surface area (Å²) in [7, 11) is 0. The number of hydrogen-bond donors (Lipinski definition) is 1. The van der Waals surface area contributed by atoms with Gasteiger partial charge in [0.2, 0.25) is 5.91 Å². The number of alkyl halides is 3. The number of pyridine rings is 2. The zero-order valence-corrected chi connectivity index (χ0v) is 14.7. The number of nitrogens with zero attached hydrogens (tertiary/aromatic N) is 2. The summed E-state index contributed by atoms with van der Waals surface area (Å²) in [6, 6.07) is 13.4. The number of amides is 1. The van der Waals surface area contributed by atoms with Gasteiger partial charge in [-0.25, -0.2) is 9.97 Å². The number of nitrogens with one attached hydrogen (secondary N) is 1. The Morgan fingerprint density at radius 1 is 0.963 bits per heavy atom. The van der Waals surface area contributed by atoms with Gasteiger partial charge >= 0.3 is 6.18 Å². The standard InChI is InChI=1S/C19H14F3N3OS/c20-19(21,22)14-6-4-13(5-7-14)11-16(26)25-15-8-10-24-18(12-15)27-17-3-1-2-9-23-17/h1-10,12H,11H2,(H,24,25,26). The average molecular weight is 389 g/mol. The summed E-state index contributed by atoms with van der Waals surface area (Å²) in [5.41, 5.74) is 0.315. The lowest BCUT2D eigenvalue weighted by atomic mass is 10.1. The average Bonchev–Trinajstić information content (AvgIpc) is 2.62. The first-order valence-corrected chi connectivity index (χ1v) is 8.73. The number of benzene rings is 1. The molecule has 0 aliphatic rings. The molecule has 8 heteroatoms. The molecule has 0 unspecified atom stereocenters. The molecule has 0 saturated heterocycles. The molecule has 3 rings (SSSR count). The molecule has 0 fully saturated rings. The number of aromatic nitrogens is 2. The van der Waals surface area contributed by atoms with Gasteiger partial charge in [0.15, 0.2) is 0 Å². The minimum atomic E-state index is -4.39. The second kappa shape index (κ2) is 8.22. The first-order chi connectivity index (χ1) is 12.9. The lowest BCUT2D eigenvalue weighted by Gasteiger charge is -2.09. The first-order valence-electron chi connectivity index (χ1n) is 7.91. The van der Waals surface area contributed by atoms with Crippen molar-refractivity contribution in [3.8, 4) is 0 Å². The fraction of sp³-hybridized carbons (Fsp3) is 0.105. The molecule has 138 valence electrons. The van der Waals surface area contributed by atoms with Crippen LogP contribution >= 0.6 is 11.8 Å². The van der Waals surface area contributed by atoms with E-state index in [1.165, 1.54) is 23.9 Å². The van der Waals surface area contributed by atoms with E-state index in [1.807, 2.05) is 18.2 Å². The van der Waals surface area contributed by atoms with Crippen molar-refractivity contribution in [2.45, 2.75) is 22.6 Å². The van der Waals surface area contributed by atoms with Crippen LogP contribution in [0.2, 0.25) is 0 Å². The van der Waals surface area contributed by atoms with Crippen molar-refractivity contribution in [3.05, 3.63) is 78.1 Å². The molecule has 1 amide bonds. The van der Waals surface area contributed by atoms with E-state index < -0.39 is 11.7 Å². The summed E-state index contributed by atoms with van der Waals surface area (Å²) in [6.07, 6.45) is -1.17. The molecular weight excluding hydrogens is 375 g/mol. The Labute approximate surface area is 157 Å². The summed E-state index contributed by atoms with van der Waals surface area (Å²) in [5, 5.41) is 4.17. The SMILES string of the molecule is O=C(Cc1ccc(C(F)(F)F)cc1)Nc1ccnc(Sc2ccccn2)c1. The summed E-state index contributed by atoms with van der Waals surface area (Å²) >= 11 is 1.36. The van der Waals surface area contributed by atoms with Crippen molar-refractivity contribution in [2.24, 2.45) is 0 Å². The Morgan fingerprint density at radius 2 is 1.70 bits per heavy atom. The zero-order chi connectivity index (χ0) is 19.3. The highest BCUT2D eigenvalue weighted by Crippen LogP contribution is 2.29. The van der Waals surface area contributed by atoms with E-state index in [2.05, 4.69) is 15.3 Å². The van der Waals surface area contributed by atoms with Gasteiger partial charge in [0, 0.05) is 18.1 Å². The van der Waals surface area contributed by atoms with E-state index in [1.54, 1.807) is 24.5 Å². The van der Waals surface area contributed by atoms with Crippen LogP contribution in [0.5, 0.6) is 0 Å². The predicted molar refractivity (Wildman–Crippen MR) is 96.4 cm³/mol. The largest absolute Gasteiger partial charge is 0.416 e. The number of hydrogen-bond acceptors (Lipinski definition) is 4. The topological polar surface area (TPSA) is 54.9 Å². The molecule has 3 aromatic rings. The Morgan fingerprint density at radius 3 is 2.37 bits per heavy atom. The van der Waals surface area contributed by atoms with Crippen LogP contribution in [0.1, 0.15) is 11.1 Å². The predicted octanol–water partition coefficient (Wildman–Crippen LogP) is 4.83. The normalized spacial score (nSPS) is 11.2. The molecule has 2 aromatic heterocycles. The molecule has 0 saturated carbocycles. The summed E-state index contributed by atoms with van der Waals surface area (Å²) in [4.78, 5) is 20.6. The Bertz CT molecular complexity index is 915. The van der Waals surface area contributed by atoms with E-state index >= 15 is 0 Å². The van der Waals surface area contributed by atoms with Gasteiger partial charge in [-0.05, 0) is 42.0 Å². The van der Waals surface area contributed by atoms with Gasteiger partial charge in [0.25, 0.3) is 0 Å². The third-order valence-electron chi connectivity index (χ3n) is 3.51. The van der Waals surface area contributed by atoms with Gasteiger partial charge in [0.05, 0.1) is 12.0 Å². The van der Waals surface area contributed by atoms with Crippen LogP contribution in [0.3, 0.4) is 0 Å².